The second-order valence-corrected chi connectivity index (χ2v) is 6.81. The summed E-state index contributed by atoms with van der Waals surface area (Å²) in [5.41, 5.74) is 0. The fourth-order valence-electron chi connectivity index (χ4n) is 1.94. The van der Waals surface area contributed by atoms with Gasteiger partial charge in [-0.2, -0.15) is 0 Å². The van der Waals surface area contributed by atoms with Gasteiger partial charge in [0.2, 0.25) is 5.09 Å². The van der Waals surface area contributed by atoms with E-state index in [1.807, 2.05) is 0 Å². The van der Waals surface area contributed by atoms with Gasteiger partial charge < -0.3 is 19.6 Å². The molecule has 1 saturated carbocycles. The summed E-state index contributed by atoms with van der Waals surface area (Å²) >= 11 is 0. The number of hydrogen-bond acceptors (Lipinski definition) is 6. The van der Waals surface area contributed by atoms with E-state index in [4.69, 9.17) is 14.3 Å². The highest BCUT2D eigenvalue weighted by molar-refractivity contribution is 7.89. The van der Waals surface area contributed by atoms with Crippen LogP contribution in [0.3, 0.4) is 0 Å². The van der Waals surface area contributed by atoms with E-state index >= 15 is 0 Å². The second kappa shape index (κ2) is 7.37. The van der Waals surface area contributed by atoms with Gasteiger partial charge in [0.15, 0.2) is 0 Å². The molecular weight excluding hydrogens is 296 g/mol. The summed E-state index contributed by atoms with van der Waals surface area (Å²) in [6, 6.07) is 3.14. The van der Waals surface area contributed by atoms with Gasteiger partial charge >= 0.3 is 0 Å². The molecule has 1 heterocycles. The minimum Gasteiger partial charge on any atom is -0.447 e. The topological polar surface area (TPSA) is 101 Å². The van der Waals surface area contributed by atoms with E-state index < -0.39 is 16.1 Å². The molecule has 1 aliphatic rings. The first-order valence-electron chi connectivity index (χ1n) is 6.99. The molecule has 120 valence electrons. The smallest absolute Gasteiger partial charge is 0.274 e. The van der Waals surface area contributed by atoms with Crippen LogP contribution < -0.4 is 10.0 Å². The molecule has 1 aliphatic carbocycles. The number of furan rings is 1. The number of hydrogen-bond donors (Lipinski definition) is 3. The monoisotopic (exact) mass is 318 g/mol. The van der Waals surface area contributed by atoms with Crippen molar-refractivity contribution in [1.29, 1.82) is 0 Å². The Morgan fingerprint density at radius 3 is 2.86 bits per heavy atom. The molecule has 0 saturated heterocycles. The molecular formula is C13H22N2O5S. The predicted molar refractivity (Wildman–Crippen MR) is 76.3 cm³/mol. The Kier molecular flexibility index (Phi) is 5.77. The number of nitrogens with one attached hydrogen (secondary N) is 2. The normalized spacial score (nSPS) is 17.0. The summed E-state index contributed by atoms with van der Waals surface area (Å²) < 4.78 is 37.2. The highest BCUT2D eigenvalue weighted by Gasteiger charge is 2.24. The second-order valence-electron chi connectivity index (χ2n) is 5.16. The van der Waals surface area contributed by atoms with Gasteiger partial charge in [-0.3, -0.25) is 0 Å². The summed E-state index contributed by atoms with van der Waals surface area (Å²) in [5.74, 6) is 0.590. The van der Waals surface area contributed by atoms with Crippen molar-refractivity contribution >= 4 is 10.0 Å². The van der Waals surface area contributed by atoms with Gasteiger partial charge in [-0.25, -0.2) is 13.1 Å². The molecule has 1 aromatic heterocycles. The van der Waals surface area contributed by atoms with Crippen molar-refractivity contribution in [3.05, 3.63) is 17.9 Å². The molecule has 7 nitrogen and oxygen atoms in total. The lowest BCUT2D eigenvalue weighted by Crippen LogP contribution is -2.38. The van der Waals surface area contributed by atoms with Crippen molar-refractivity contribution in [2.24, 2.45) is 0 Å². The van der Waals surface area contributed by atoms with Gasteiger partial charge in [0.25, 0.3) is 10.0 Å². The average molecular weight is 318 g/mol. The zero-order valence-electron chi connectivity index (χ0n) is 12.0. The van der Waals surface area contributed by atoms with E-state index in [2.05, 4.69) is 10.0 Å². The van der Waals surface area contributed by atoms with Crippen LogP contribution >= 0.6 is 0 Å². The van der Waals surface area contributed by atoms with E-state index in [1.54, 1.807) is 6.07 Å². The molecule has 0 aliphatic heterocycles. The SMILES string of the molecule is COCC(CCO)NS(=O)(=O)c1ccc(CNC2CC2)o1. The zero-order valence-corrected chi connectivity index (χ0v) is 12.9. The Morgan fingerprint density at radius 1 is 1.48 bits per heavy atom. The largest absolute Gasteiger partial charge is 0.447 e. The number of aliphatic hydroxyl groups excluding tert-OH is 1. The summed E-state index contributed by atoms with van der Waals surface area (Å²) in [4.78, 5) is 0. The van der Waals surface area contributed by atoms with Crippen LogP contribution in [0.1, 0.15) is 25.0 Å². The van der Waals surface area contributed by atoms with Crippen molar-refractivity contribution in [2.45, 2.75) is 43.0 Å². The fraction of sp³-hybridized carbons (Fsp3) is 0.692. The Hall–Kier alpha value is -0.930. The lowest BCUT2D eigenvalue weighted by atomic mass is 10.2. The van der Waals surface area contributed by atoms with Crippen LogP contribution in [0.25, 0.3) is 0 Å². The van der Waals surface area contributed by atoms with E-state index in [9.17, 15) is 8.42 Å². The molecule has 3 N–H and O–H groups in total. The van der Waals surface area contributed by atoms with Crippen molar-refractivity contribution in [2.75, 3.05) is 20.3 Å². The van der Waals surface area contributed by atoms with Crippen molar-refractivity contribution < 1.29 is 22.7 Å². The minimum absolute atomic E-state index is 0.117. The Morgan fingerprint density at radius 2 is 2.24 bits per heavy atom. The fourth-order valence-corrected chi connectivity index (χ4v) is 3.15. The van der Waals surface area contributed by atoms with Gasteiger partial charge in [0.05, 0.1) is 13.2 Å². The van der Waals surface area contributed by atoms with Crippen LogP contribution in [0, 0.1) is 0 Å². The Labute approximate surface area is 124 Å². The lowest BCUT2D eigenvalue weighted by Gasteiger charge is -2.15. The number of methoxy groups -OCH3 is 1. The maximum absolute atomic E-state index is 12.2. The predicted octanol–water partition coefficient (Wildman–Crippen LogP) is 0.207. The molecule has 1 aromatic rings. The quantitative estimate of drug-likeness (QED) is 0.570. The van der Waals surface area contributed by atoms with Gasteiger partial charge in [0, 0.05) is 25.8 Å². The molecule has 0 aromatic carbocycles. The zero-order chi connectivity index (χ0) is 15.3. The maximum Gasteiger partial charge on any atom is 0.274 e. The highest BCUT2D eigenvalue weighted by Crippen LogP contribution is 2.20. The van der Waals surface area contributed by atoms with Crippen LogP contribution in [0.15, 0.2) is 21.6 Å². The number of rotatable bonds is 10. The number of aliphatic hydroxyl groups is 1. The van der Waals surface area contributed by atoms with Gasteiger partial charge in [0.1, 0.15) is 5.76 Å². The molecule has 0 radical (unpaired) electrons. The Balaban J connectivity index is 1.96. The summed E-state index contributed by atoms with van der Waals surface area (Å²) in [6.45, 7) is 0.597. The third-order valence-electron chi connectivity index (χ3n) is 3.21. The number of sulfonamides is 1. The molecule has 21 heavy (non-hydrogen) atoms. The lowest BCUT2D eigenvalue weighted by molar-refractivity contribution is 0.157. The van der Waals surface area contributed by atoms with Gasteiger partial charge in [-0.1, -0.05) is 0 Å². The van der Waals surface area contributed by atoms with Gasteiger partial charge in [-0.15, -0.1) is 0 Å². The van der Waals surface area contributed by atoms with Crippen molar-refractivity contribution in [3.8, 4) is 0 Å². The summed E-state index contributed by atoms with van der Waals surface area (Å²) in [7, 11) is -2.26. The maximum atomic E-state index is 12.2. The average Bonchev–Trinajstić information content (AvgIpc) is 3.12. The van der Waals surface area contributed by atoms with E-state index in [1.165, 1.54) is 13.2 Å². The van der Waals surface area contributed by atoms with Crippen LogP contribution in [-0.4, -0.2) is 45.9 Å². The third kappa shape index (κ3) is 5.08. The van der Waals surface area contributed by atoms with Gasteiger partial charge in [-0.05, 0) is 31.4 Å². The van der Waals surface area contributed by atoms with Crippen molar-refractivity contribution in [3.63, 3.8) is 0 Å². The molecule has 1 fully saturated rings. The van der Waals surface area contributed by atoms with Crippen LogP contribution in [0.4, 0.5) is 0 Å². The first kappa shape index (κ1) is 16.4. The molecule has 0 bridgehead atoms. The Bertz CT molecular complexity index is 533. The van der Waals surface area contributed by atoms with Crippen LogP contribution in [0.2, 0.25) is 0 Å². The molecule has 0 spiro atoms. The third-order valence-corrected chi connectivity index (χ3v) is 4.60. The summed E-state index contributed by atoms with van der Waals surface area (Å²) in [6.07, 6.45) is 2.60. The highest BCUT2D eigenvalue weighted by atomic mass is 32.2. The van der Waals surface area contributed by atoms with E-state index in [0.29, 0.717) is 18.3 Å². The molecule has 0 amide bonds. The molecule has 8 heteroatoms. The molecule has 2 rings (SSSR count). The van der Waals surface area contributed by atoms with Crippen LogP contribution in [0.5, 0.6) is 0 Å². The molecule has 1 atom stereocenters. The van der Waals surface area contributed by atoms with Crippen molar-refractivity contribution in [1.82, 2.24) is 10.0 Å². The first-order chi connectivity index (χ1) is 10.0. The minimum atomic E-state index is -3.74. The standard InChI is InChI=1S/C13H22N2O5S/c1-19-9-11(6-7-16)15-21(17,18)13-5-4-12(20-13)8-14-10-2-3-10/h4-5,10-11,14-16H,2-3,6-9H2,1H3. The summed E-state index contributed by atoms with van der Waals surface area (Å²) in [5, 5.41) is 12.1. The van der Waals surface area contributed by atoms with E-state index in [0.717, 1.165) is 12.8 Å². The van der Waals surface area contributed by atoms with Crippen LogP contribution in [-0.2, 0) is 21.3 Å². The first-order valence-corrected chi connectivity index (χ1v) is 8.47. The number of ether oxygens (including phenoxy) is 1. The van der Waals surface area contributed by atoms with E-state index in [-0.39, 0.29) is 24.7 Å². The molecule has 1 unspecified atom stereocenters.